The molecule has 0 amide bonds. The van der Waals surface area contributed by atoms with Crippen molar-refractivity contribution in [3.8, 4) is 22.5 Å². The summed E-state index contributed by atoms with van der Waals surface area (Å²) in [5.41, 5.74) is 14.0. The quantitative estimate of drug-likeness (QED) is 0.167. The van der Waals surface area contributed by atoms with Gasteiger partial charge < -0.3 is 0 Å². The molecule has 0 saturated carbocycles. The molecule has 6 nitrogen and oxygen atoms in total. The van der Waals surface area contributed by atoms with E-state index in [1.807, 2.05) is 85.3 Å². The maximum Gasteiger partial charge on any atom is 0.203 e. The average molecular weight is 509 g/mol. The highest BCUT2D eigenvalue weighted by Crippen LogP contribution is 2.29. The molecule has 8 heteroatoms. The number of rotatable bonds is 8. The van der Waals surface area contributed by atoms with Crippen LogP contribution < -0.4 is 10.9 Å². The van der Waals surface area contributed by atoms with E-state index in [-0.39, 0.29) is 0 Å². The number of nitrogens with zero attached hydrogens (tertiary/aromatic N) is 4. The maximum atomic E-state index is 4.68. The van der Waals surface area contributed by atoms with Crippen molar-refractivity contribution in [2.75, 3.05) is 10.9 Å². The number of anilines is 2. The highest BCUT2D eigenvalue weighted by Gasteiger charge is 2.08. The minimum atomic E-state index is 0.755. The summed E-state index contributed by atoms with van der Waals surface area (Å²) in [6.45, 7) is 3.96. The molecule has 0 bridgehead atoms. The van der Waals surface area contributed by atoms with E-state index in [4.69, 9.17) is 0 Å². The molecule has 0 spiro atoms. The summed E-state index contributed by atoms with van der Waals surface area (Å²) in [6.07, 6.45) is 0. The Balaban J connectivity index is 1.23. The van der Waals surface area contributed by atoms with Crippen LogP contribution >= 0.6 is 22.7 Å². The van der Waals surface area contributed by atoms with Crippen LogP contribution in [0.15, 0.2) is 106 Å². The predicted octanol–water partition coefficient (Wildman–Crippen LogP) is 7.61. The Hall–Kier alpha value is -4.14. The highest BCUT2D eigenvalue weighted by atomic mass is 32.1. The van der Waals surface area contributed by atoms with Gasteiger partial charge in [0.25, 0.3) is 0 Å². The van der Waals surface area contributed by atoms with Gasteiger partial charge in [-0.25, -0.2) is 9.97 Å². The SMILES string of the molecule is C/C(=N\Nc1nc(-c2ccc(-c3csc(N/N=C(\C)c4ccccc4)n3)cc2)cs1)c1ccccc1. The molecule has 0 aliphatic rings. The fraction of sp³-hybridized carbons (Fsp3) is 0.0714. The van der Waals surface area contributed by atoms with Crippen LogP contribution in [0.4, 0.5) is 10.3 Å². The second kappa shape index (κ2) is 11.1. The number of aromatic nitrogens is 2. The standard InChI is InChI=1S/C28H24N6S2/c1-19(21-9-5-3-6-10-21)31-33-27-29-25(17-35-27)23-13-15-24(16-14-23)26-18-36-28(30-26)34-32-20(2)22-11-7-4-8-12-22/h3-18H,1-2H3,(H,29,33)(H,30,34)/b31-19+,32-20+. The Morgan fingerprint density at radius 1 is 0.583 bits per heavy atom. The molecule has 2 aromatic heterocycles. The molecule has 2 N–H and O–H groups in total. The van der Waals surface area contributed by atoms with Gasteiger partial charge in [0, 0.05) is 21.9 Å². The molecular weight excluding hydrogens is 484 g/mol. The van der Waals surface area contributed by atoms with Gasteiger partial charge in [0.15, 0.2) is 0 Å². The zero-order chi connectivity index (χ0) is 24.7. The first-order valence-corrected chi connectivity index (χ1v) is 13.1. The molecule has 0 unspecified atom stereocenters. The van der Waals surface area contributed by atoms with Gasteiger partial charge in [-0.3, -0.25) is 10.9 Å². The summed E-state index contributed by atoms with van der Waals surface area (Å²) < 4.78 is 0. The molecule has 0 atom stereocenters. The molecule has 0 radical (unpaired) electrons. The van der Waals surface area contributed by atoms with E-state index in [2.05, 4.69) is 55.3 Å². The third kappa shape index (κ3) is 5.73. The van der Waals surface area contributed by atoms with Gasteiger partial charge >= 0.3 is 0 Å². The summed E-state index contributed by atoms with van der Waals surface area (Å²) in [6, 6.07) is 28.4. The lowest BCUT2D eigenvalue weighted by Gasteiger charge is -2.02. The lowest BCUT2D eigenvalue weighted by molar-refractivity contribution is 1.27. The van der Waals surface area contributed by atoms with Crippen molar-refractivity contribution < 1.29 is 0 Å². The van der Waals surface area contributed by atoms with Crippen LogP contribution in [-0.4, -0.2) is 21.4 Å². The fourth-order valence-corrected chi connectivity index (χ4v) is 4.80. The van der Waals surface area contributed by atoms with Crippen molar-refractivity contribution in [3.05, 3.63) is 107 Å². The van der Waals surface area contributed by atoms with E-state index in [0.717, 1.165) is 55.3 Å². The van der Waals surface area contributed by atoms with E-state index in [1.165, 1.54) is 22.7 Å². The minimum absolute atomic E-state index is 0.755. The van der Waals surface area contributed by atoms with E-state index >= 15 is 0 Å². The lowest BCUT2D eigenvalue weighted by Crippen LogP contribution is -1.99. The molecule has 0 aliphatic heterocycles. The number of hydrazone groups is 2. The fourth-order valence-electron chi connectivity index (χ4n) is 3.48. The van der Waals surface area contributed by atoms with Crippen LogP contribution in [0.5, 0.6) is 0 Å². The van der Waals surface area contributed by atoms with Crippen molar-refractivity contribution in [2.24, 2.45) is 10.2 Å². The predicted molar refractivity (Wildman–Crippen MR) is 153 cm³/mol. The molecule has 2 heterocycles. The molecule has 36 heavy (non-hydrogen) atoms. The van der Waals surface area contributed by atoms with Gasteiger partial charge in [-0.1, -0.05) is 84.9 Å². The summed E-state index contributed by atoms with van der Waals surface area (Å²) >= 11 is 3.06. The van der Waals surface area contributed by atoms with Crippen molar-refractivity contribution in [3.63, 3.8) is 0 Å². The summed E-state index contributed by atoms with van der Waals surface area (Å²) in [7, 11) is 0. The third-order valence-electron chi connectivity index (χ3n) is 5.51. The van der Waals surface area contributed by atoms with Crippen LogP contribution in [0, 0.1) is 0 Å². The Labute approximate surface area is 218 Å². The topological polar surface area (TPSA) is 74.6 Å². The lowest BCUT2D eigenvalue weighted by atomic mass is 10.1. The van der Waals surface area contributed by atoms with Crippen LogP contribution in [0.2, 0.25) is 0 Å². The number of hydrogen-bond acceptors (Lipinski definition) is 8. The van der Waals surface area contributed by atoms with Gasteiger partial charge in [-0.05, 0) is 25.0 Å². The highest BCUT2D eigenvalue weighted by molar-refractivity contribution is 7.14. The van der Waals surface area contributed by atoms with E-state index in [0.29, 0.717) is 0 Å². The third-order valence-corrected chi connectivity index (χ3v) is 7.00. The monoisotopic (exact) mass is 508 g/mol. The molecule has 0 saturated heterocycles. The van der Waals surface area contributed by atoms with E-state index in [9.17, 15) is 0 Å². The second-order valence-electron chi connectivity index (χ2n) is 8.00. The van der Waals surface area contributed by atoms with Crippen molar-refractivity contribution in [1.82, 2.24) is 9.97 Å². The Bertz CT molecular complexity index is 1370. The zero-order valence-corrected chi connectivity index (χ0v) is 21.5. The largest absolute Gasteiger partial charge is 0.252 e. The molecule has 5 aromatic rings. The first-order valence-electron chi connectivity index (χ1n) is 11.4. The zero-order valence-electron chi connectivity index (χ0n) is 19.8. The number of thiazole rings is 2. The van der Waals surface area contributed by atoms with Crippen LogP contribution in [0.1, 0.15) is 25.0 Å². The Kier molecular flexibility index (Phi) is 7.25. The van der Waals surface area contributed by atoms with Crippen molar-refractivity contribution >= 4 is 44.4 Å². The van der Waals surface area contributed by atoms with Gasteiger partial charge in [0.2, 0.25) is 10.3 Å². The molecule has 3 aromatic carbocycles. The number of hydrogen-bond donors (Lipinski definition) is 2. The smallest absolute Gasteiger partial charge is 0.203 e. The molecule has 0 aliphatic carbocycles. The summed E-state index contributed by atoms with van der Waals surface area (Å²) in [4.78, 5) is 9.36. The molecule has 178 valence electrons. The summed E-state index contributed by atoms with van der Waals surface area (Å²) in [5, 5.41) is 14.5. The van der Waals surface area contributed by atoms with Crippen LogP contribution in [0.25, 0.3) is 22.5 Å². The minimum Gasteiger partial charge on any atom is -0.252 e. The molecule has 5 rings (SSSR count). The van der Waals surface area contributed by atoms with E-state index in [1.54, 1.807) is 0 Å². The number of benzene rings is 3. The van der Waals surface area contributed by atoms with Gasteiger partial charge in [0.05, 0.1) is 22.8 Å². The second-order valence-corrected chi connectivity index (χ2v) is 9.72. The van der Waals surface area contributed by atoms with Crippen molar-refractivity contribution in [2.45, 2.75) is 13.8 Å². The Morgan fingerprint density at radius 2 is 0.972 bits per heavy atom. The van der Waals surface area contributed by atoms with E-state index < -0.39 is 0 Å². The van der Waals surface area contributed by atoms with Crippen LogP contribution in [0.3, 0.4) is 0 Å². The van der Waals surface area contributed by atoms with Gasteiger partial charge in [0.1, 0.15) is 0 Å². The van der Waals surface area contributed by atoms with Gasteiger partial charge in [-0.15, -0.1) is 22.7 Å². The van der Waals surface area contributed by atoms with Gasteiger partial charge in [-0.2, -0.15) is 10.2 Å². The summed E-state index contributed by atoms with van der Waals surface area (Å²) in [5.74, 6) is 0. The maximum absolute atomic E-state index is 4.68. The van der Waals surface area contributed by atoms with Crippen molar-refractivity contribution in [1.29, 1.82) is 0 Å². The molecular formula is C28H24N6S2. The number of nitrogens with one attached hydrogen (secondary N) is 2. The van der Waals surface area contributed by atoms with Crippen LogP contribution in [-0.2, 0) is 0 Å². The Morgan fingerprint density at radius 3 is 1.36 bits per heavy atom. The normalized spacial score (nSPS) is 11.9. The molecule has 0 fully saturated rings. The average Bonchev–Trinajstić information content (AvgIpc) is 3.62. The first-order chi connectivity index (χ1) is 17.7. The first kappa shape index (κ1) is 23.6.